The number of hydrogen-bond acceptors (Lipinski definition) is 6. The Balaban J connectivity index is 2.19. The molecular weight excluding hydrogens is 465 g/mol. The van der Waals surface area contributed by atoms with Crippen molar-refractivity contribution in [2.75, 3.05) is 7.05 Å². The molecule has 33 heavy (non-hydrogen) atoms. The predicted molar refractivity (Wildman–Crippen MR) is 114 cm³/mol. The molecule has 2 amide bonds. The number of alkyl halides is 3. The fraction of sp³-hybridized carbons (Fsp3) is 0.619. The molecule has 12 heteroatoms. The summed E-state index contributed by atoms with van der Waals surface area (Å²) in [6.45, 7) is 5.08. The number of nitrogens with zero attached hydrogens (tertiary/aromatic N) is 1. The van der Waals surface area contributed by atoms with E-state index in [0.717, 1.165) is 37.8 Å². The SMILES string of the molecule is CN(C(=O)OC(C)(C)C)[C@@H](Cc1ccc(OS(=O)(=O)C(F)(F)F)cc1)C(=O)NC1CCCC1. The summed E-state index contributed by atoms with van der Waals surface area (Å²) < 4.78 is 69.3. The molecule has 0 unspecified atom stereocenters. The Morgan fingerprint density at radius 1 is 1.12 bits per heavy atom. The monoisotopic (exact) mass is 494 g/mol. The van der Waals surface area contributed by atoms with Gasteiger partial charge in [0.15, 0.2) is 0 Å². The summed E-state index contributed by atoms with van der Waals surface area (Å²) in [6.07, 6.45) is 3.01. The Morgan fingerprint density at radius 2 is 1.67 bits per heavy atom. The molecule has 0 aliphatic heterocycles. The van der Waals surface area contributed by atoms with E-state index in [1.165, 1.54) is 24.1 Å². The van der Waals surface area contributed by atoms with Gasteiger partial charge in [0.1, 0.15) is 17.4 Å². The van der Waals surface area contributed by atoms with Crippen LogP contribution < -0.4 is 9.50 Å². The fourth-order valence-electron chi connectivity index (χ4n) is 3.31. The molecule has 186 valence electrons. The van der Waals surface area contributed by atoms with Crippen molar-refractivity contribution in [3.8, 4) is 5.75 Å². The normalized spacial score (nSPS) is 16.2. The summed E-state index contributed by atoms with van der Waals surface area (Å²) >= 11 is 0. The van der Waals surface area contributed by atoms with Gasteiger partial charge in [-0.2, -0.15) is 21.6 Å². The lowest BCUT2D eigenvalue weighted by molar-refractivity contribution is -0.126. The first-order chi connectivity index (χ1) is 15.1. The maximum Gasteiger partial charge on any atom is 0.534 e. The van der Waals surface area contributed by atoms with E-state index < -0.39 is 39.1 Å². The first-order valence-corrected chi connectivity index (χ1v) is 11.9. The molecule has 1 N–H and O–H groups in total. The van der Waals surface area contributed by atoms with Crippen LogP contribution in [0.5, 0.6) is 5.75 Å². The number of carbonyl (C=O) groups is 2. The molecule has 1 fully saturated rings. The van der Waals surface area contributed by atoms with Gasteiger partial charge in [-0.3, -0.25) is 9.69 Å². The first kappa shape index (κ1) is 26.7. The minimum atomic E-state index is -5.79. The second kappa shape index (κ2) is 10.2. The van der Waals surface area contributed by atoms with Crippen LogP contribution in [0.3, 0.4) is 0 Å². The maximum absolute atomic E-state index is 13.0. The largest absolute Gasteiger partial charge is 0.534 e. The molecule has 0 spiro atoms. The van der Waals surface area contributed by atoms with Crippen molar-refractivity contribution in [1.82, 2.24) is 10.2 Å². The van der Waals surface area contributed by atoms with Gasteiger partial charge in [-0.1, -0.05) is 25.0 Å². The van der Waals surface area contributed by atoms with Gasteiger partial charge in [0.05, 0.1) is 0 Å². The molecule has 1 saturated carbocycles. The highest BCUT2D eigenvalue weighted by Gasteiger charge is 2.48. The molecule has 0 saturated heterocycles. The third-order valence-electron chi connectivity index (χ3n) is 5.00. The minimum Gasteiger partial charge on any atom is -0.444 e. The fourth-order valence-corrected chi connectivity index (χ4v) is 3.77. The summed E-state index contributed by atoms with van der Waals surface area (Å²) in [6, 6.07) is 3.83. The van der Waals surface area contributed by atoms with Crippen molar-refractivity contribution in [3.63, 3.8) is 0 Å². The Hall–Kier alpha value is -2.50. The average molecular weight is 495 g/mol. The lowest BCUT2D eigenvalue weighted by Gasteiger charge is -2.31. The van der Waals surface area contributed by atoms with E-state index >= 15 is 0 Å². The third kappa shape index (κ3) is 7.79. The number of likely N-dealkylation sites (N-methyl/N-ethyl adjacent to an activating group) is 1. The number of rotatable bonds is 7. The smallest absolute Gasteiger partial charge is 0.444 e. The van der Waals surface area contributed by atoms with Crippen LogP contribution >= 0.6 is 0 Å². The molecule has 1 aromatic carbocycles. The van der Waals surface area contributed by atoms with Crippen molar-refractivity contribution in [3.05, 3.63) is 29.8 Å². The van der Waals surface area contributed by atoms with Crippen LogP contribution in [0.4, 0.5) is 18.0 Å². The Kier molecular flexibility index (Phi) is 8.26. The molecule has 1 aromatic rings. The van der Waals surface area contributed by atoms with Crippen LogP contribution in [0.25, 0.3) is 0 Å². The van der Waals surface area contributed by atoms with Gasteiger partial charge in [-0.25, -0.2) is 4.79 Å². The minimum absolute atomic E-state index is 0.00962. The molecule has 2 rings (SSSR count). The molecule has 1 atom stereocenters. The van der Waals surface area contributed by atoms with Gasteiger partial charge in [0.25, 0.3) is 0 Å². The standard InChI is InChI=1S/C21H29F3N2O6S/c1-20(2,3)31-19(28)26(4)17(18(27)25-15-7-5-6-8-15)13-14-9-11-16(12-10-14)32-33(29,30)21(22,23)24/h9-12,15,17H,5-8,13H2,1-4H3,(H,25,27)/t17-/m0/s1. The van der Waals surface area contributed by atoms with Crippen molar-refractivity contribution >= 4 is 22.1 Å². The zero-order valence-electron chi connectivity index (χ0n) is 18.9. The van der Waals surface area contributed by atoms with Crippen molar-refractivity contribution in [2.24, 2.45) is 0 Å². The number of hydrogen-bond donors (Lipinski definition) is 1. The first-order valence-electron chi connectivity index (χ1n) is 10.4. The molecule has 0 heterocycles. The van der Waals surface area contributed by atoms with Gasteiger partial charge < -0.3 is 14.2 Å². The van der Waals surface area contributed by atoms with Crippen LogP contribution in [0.2, 0.25) is 0 Å². The highest BCUT2D eigenvalue weighted by molar-refractivity contribution is 7.88. The van der Waals surface area contributed by atoms with Gasteiger partial charge >= 0.3 is 21.7 Å². The van der Waals surface area contributed by atoms with Gasteiger partial charge in [-0.05, 0) is 51.3 Å². The highest BCUT2D eigenvalue weighted by atomic mass is 32.2. The summed E-state index contributed by atoms with van der Waals surface area (Å²) in [5, 5.41) is 2.94. The summed E-state index contributed by atoms with van der Waals surface area (Å²) in [5.41, 5.74) is -5.85. The predicted octanol–water partition coefficient (Wildman–Crippen LogP) is 3.75. The van der Waals surface area contributed by atoms with Crippen LogP contribution in [0, 0.1) is 0 Å². The lowest BCUT2D eigenvalue weighted by atomic mass is 10.0. The van der Waals surface area contributed by atoms with Gasteiger partial charge in [0.2, 0.25) is 5.91 Å². The van der Waals surface area contributed by atoms with E-state index in [2.05, 4.69) is 9.50 Å². The Bertz CT molecular complexity index is 936. The van der Waals surface area contributed by atoms with Crippen molar-refractivity contribution in [2.45, 2.75) is 76.1 Å². The van der Waals surface area contributed by atoms with Crippen LogP contribution in [-0.4, -0.2) is 55.6 Å². The van der Waals surface area contributed by atoms with Crippen molar-refractivity contribution in [1.29, 1.82) is 0 Å². The van der Waals surface area contributed by atoms with E-state index in [4.69, 9.17) is 4.74 Å². The number of nitrogens with one attached hydrogen (secondary N) is 1. The summed E-state index contributed by atoms with van der Waals surface area (Å²) in [7, 11) is -4.36. The molecule has 0 radical (unpaired) electrons. The molecule has 1 aliphatic rings. The van der Waals surface area contributed by atoms with E-state index in [-0.39, 0.29) is 18.4 Å². The van der Waals surface area contributed by atoms with E-state index in [1.54, 1.807) is 20.8 Å². The third-order valence-corrected chi connectivity index (χ3v) is 5.97. The second-order valence-electron chi connectivity index (χ2n) is 8.93. The van der Waals surface area contributed by atoms with Crippen molar-refractivity contribution < 1.29 is 40.1 Å². The van der Waals surface area contributed by atoms with Gasteiger partial charge in [-0.15, -0.1) is 0 Å². The highest BCUT2D eigenvalue weighted by Crippen LogP contribution is 2.27. The summed E-state index contributed by atoms with van der Waals surface area (Å²) in [4.78, 5) is 26.7. The van der Waals surface area contributed by atoms with Gasteiger partial charge in [0, 0.05) is 19.5 Å². The van der Waals surface area contributed by atoms with E-state index in [1.807, 2.05) is 0 Å². The molecule has 0 aromatic heterocycles. The molecular formula is C21H29F3N2O6S. The molecule has 0 bridgehead atoms. The van der Waals surface area contributed by atoms with E-state index in [9.17, 15) is 31.2 Å². The summed E-state index contributed by atoms with van der Waals surface area (Å²) in [5.74, 6) is -0.904. The average Bonchev–Trinajstić information content (AvgIpc) is 3.17. The second-order valence-corrected chi connectivity index (χ2v) is 10.5. The van der Waals surface area contributed by atoms with Crippen LogP contribution in [0.1, 0.15) is 52.0 Å². The number of benzene rings is 1. The number of amides is 2. The van der Waals surface area contributed by atoms with Crippen LogP contribution in [0.15, 0.2) is 24.3 Å². The van der Waals surface area contributed by atoms with Crippen LogP contribution in [-0.2, 0) is 26.1 Å². The number of carbonyl (C=O) groups excluding carboxylic acids is 2. The molecule has 8 nitrogen and oxygen atoms in total. The number of ether oxygens (including phenoxy) is 1. The topological polar surface area (TPSA) is 102 Å². The zero-order chi connectivity index (χ0) is 25.0. The Morgan fingerprint density at radius 3 is 2.15 bits per heavy atom. The lowest BCUT2D eigenvalue weighted by Crippen LogP contribution is -2.52. The molecule has 1 aliphatic carbocycles. The zero-order valence-corrected chi connectivity index (χ0v) is 19.8. The van der Waals surface area contributed by atoms with E-state index in [0.29, 0.717) is 5.56 Å². The Labute approximate surface area is 191 Å². The maximum atomic E-state index is 13.0. The quantitative estimate of drug-likeness (QED) is 0.458. The number of halogens is 3.